The van der Waals surface area contributed by atoms with Crippen LogP contribution in [0, 0.1) is 0 Å². The number of hydrogen-bond donors (Lipinski definition) is 2. The minimum absolute atomic E-state index is 0.0743. The third kappa shape index (κ3) is 3.78. The molecule has 0 aliphatic heterocycles. The molecule has 0 bridgehead atoms. The monoisotopic (exact) mass is 324 g/mol. The van der Waals surface area contributed by atoms with Gasteiger partial charge in [0.15, 0.2) is 5.16 Å². The van der Waals surface area contributed by atoms with Gasteiger partial charge in [-0.15, -0.1) is 0 Å². The fraction of sp³-hybridized carbons (Fsp3) is 0.118. The van der Waals surface area contributed by atoms with Gasteiger partial charge >= 0.3 is 0 Å². The fourth-order valence-corrected chi connectivity index (χ4v) is 2.88. The number of para-hydroxylation sites is 1. The van der Waals surface area contributed by atoms with Gasteiger partial charge in [0, 0.05) is 11.3 Å². The molecule has 2 aromatic carbocycles. The topological polar surface area (TPSA) is 70.7 Å². The highest BCUT2D eigenvalue weighted by Gasteiger charge is 2.17. The molecule has 0 saturated carbocycles. The van der Waals surface area contributed by atoms with Gasteiger partial charge in [-0.1, -0.05) is 60.3 Å². The van der Waals surface area contributed by atoms with Gasteiger partial charge < -0.3 is 5.32 Å². The minimum atomic E-state index is -0.285. The van der Waals surface area contributed by atoms with Crippen LogP contribution in [-0.2, 0) is 4.79 Å². The number of amides is 1. The van der Waals surface area contributed by atoms with Crippen LogP contribution in [0.15, 0.2) is 66.1 Å². The lowest BCUT2D eigenvalue weighted by Crippen LogP contribution is -2.22. The van der Waals surface area contributed by atoms with Crippen LogP contribution in [0.25, 0.3) is 11.1 Å². The minimum Gasteiger partial charge on any atom is -0.325 e. The Hall–Kier alpha value is -2.60. The summed E-state index contributed by atoms with van der Waals surface area (Å²) in [5.74, 6) is -0.0743. The molecule has 3 aromatic rings. The lowest BCUT2D eigenvalue weighted by Gasteiger charge is -2.14. The zero-order valence-corrected chi connectivity index (χ0v) is 13.4. The molecule has 3 rings (SSSR count). The van der Waals surface area contributed by atoms with Crippen molar-refractivity contribution < 1.29 is 4.79 Å². The number of nitrogens with one attached hydrogen (secondary N) is 2. The first kappa shape index (κ1) is 15.3. The highest BCUT2D eigenvalue weighted by molar-refractivity contribution is 8.00. The molecule has 0 fully saturated rings. The second-order valence-corrected chi connectivity index (χ2v) is 6.28. The zero-order valence-electron chi connectivity index (χ0n) is 12.6. The first-order valence-electron chi connectivity index (χ1n) is 7.21. The SMILES string of the molecule is C[C@H](Sc1ncn[nH]1)C(=O)Nc1ccccc1-c1ccccc1. The number of benzene rings is 2. The predicted molar refractivity (Wildman–Crippen MR) is 92.2 cm³/mol. The summed E-state index contributed by atoms with van der Waals surface area (Å²) in [6.45, 7) is 1.84. The molecule has 0 aliphatic rings. The van der Waals surface area contributed by atoms with E-state index in [0.29, 0.717) is 5.16 Å². The Morgan fingerprint density at radius 3 is 2.61 bits per heavy atom. The van der Waals surface area contributed by atoms with Gasteiger partial charge in [0.05, 0.1) is 5.25 Å². The first-order valence-corrected chi connectivity index (χ1v) is 8.09. The van der Waals surface area contributed by atoms with Crippen molar-refractivity contribution in [3.8, 4) is 11.1 Å². The van der Waals surface area contributed by atoms with E-state index < -0.39 is 0 Å². The summed E-state index contributed by atoms with van der Waals surface area (Å²) in [5.41, 5.74) is 2.87. The van der Waals surface area contributed by atoms with E-state index in [-0.39, 0.29) is 11.2 Å². The van der Waals surface area contributed by atoms with Crippen LogP contribution < -0.4 is 5.32 Å². The molecule has 1 heterocycles. The lowest BCUT2D eigenvalue weighted by atomic mass is 10.0. The largest absolute Gasteiger partial charge is 0.325 e. The molecule has 1 atom stereocenters. The van der Waals surface area contributed by atoms with E-state index in [1.165, 1.54) is 18.1 Å². The zero-order chi connectivity index (χ0) is 16.1. The van der Waals surface area contributed by atoms with Crippen molar-refractivity contribution >= 4 is 23.4 Å². The van der Waals surface area contributed by atoms with E-state index in [9.17, 15) is 4.79 Å². The van der Waals surface area contributed by atoms with Crippen molar-refractivity contribution in [2.75, 3.05) is 5.32 Å². The Bertz CT molecular complexity index is 774. The molecule has 0 unspecified atom stereocenters. The van der Waals surface area contributed by atoms with Gasteiger partial charge in [-0.25, -0.2) is 4.98 Å². The number of nitrogens with zero attached hydrogens (tertiary/aromatic N) is 2. The van der Waals surface area contributed by atoms with Crippen molar-refractivity contribution in [1.82, 2.24) is 15.2 Å². The summed E-state index contributed by atoms with van der Waals surface area (Å²) in [7, 11) is 0. The Labute approximate surface area is 138 Å². The summed E-state index contributed by atoms with van der Waals surface area (Å²) in [4.78, 5) is 16.5. The van der Waals surface area contributed by atoms with E-state index in [0.717, 1.165) is 16.8 Å². The third-order valence-electron chi connectivity index (χ3n) is 3.32. The van der Waals surface area contributed by atoms with Crippen LogP contribution >= 0.6 is 11.8 Å². The summed E-state index contributed by atoms with van der Waals surface area (Å²) in [5, 5.41) is 9.87. The quantitative estimate of drug-likeness (QED) is 0.704. The normalized spacial score (nSPS) is 11.9. The number of carbonyl (C=O) groups is 1. The second kappa shape index (κ2) is 7.11. The predicted octanol–water partition coefficient (Wildman–Crippen LogP) is 3.59. The van der Waals surface area contributed by atoms with Crippen LogP contribution in [0.3, 0.4) is 0 Å². The van der Waals surface area contributed by atoms with Crippen LogP contribution in [0.4, 0.5) is 5.69 Å². The molecular formula is C17H16N4OS. The third-order valence-corrected chi connectivity index (χ3v) is 4.31. The maximum atomic E-state index is 12.4. The molecule has 0 spiro atoms. The number of carbonyl (C=O) groups excluding carboxylic acids is 1. The van der Waals surface area contributed by atoms with Crippen LogP contribution in [0.5, 0.6) is 0 Å². The van der Waals surface area contributed by atoms with Gasteiger partial charge in [-0.2, -0.15) is 5.10 Å². The number of hydrogen-bond acceptors (Lipinski definition) is 4. The molecule has 0 radical (unpaired) electrons. The van der Waals surface area contributed by atoms with Crippen LogP contribution in [-0.4, -0.2) is 26.3 Å². The maximum Gasteiger partial charge on any atom is 0.237 e. The standard InChI is InChI=1S/C17H16N4OS/c1-12(23-17-18-11-19-21-17)16(22)20-15-10-6-5-9-14(15)13-7-3-2-4-8-13/h2-12H,1H3,(H,20,22)(H,18,19,21)/t12-/m0/s1. The molecular weight excluding hydrogens is 308 g/mol. The van der Waals surface area contributed by atoms with Gasteiger partial charge in [0.2, 0.25) is 5.91 Å². The highest BCUT2D eigenvalue weighted by atomic mass is 32.2. The molecule has 1 amide bonds. The molecule has 116 valence electrons. The lowest BCUT2D eigenvalue weighted by molar-refractivity contribution is -0.115. The Morgan fingerprint density at radius 2 is 1.87 bits per heavy atom. The number of aromatic nitrogens is 3. The Kier molecular flexibility index (Phi) is 4.73. The summed E-state index contributed by atoms with van der Waals surface area (Å²) in [6, 6.07) is 17.8. The van der Waals surface area contributed by atoms with E-state index >= 15 is 0 Å². The Balaban J connectivity index is 1.76. The number of H-pyrrole nitrogens is 1. The molecule has 6 heteroatoms. The molecule has 5 nitrogen and oxygen atoms in total. The van der Waals surface area contributed by atoms with Gasteiger partial charge in [0.1, 0.15) is 6.33 Å². The van der Waals surface area contributed by atoms with Gasteiger partial charge in [-0.05, 0) is 18.6 Å². The average Bonchev–Trinajstić information content (AvgIpc) is 3.09. The van der Waals surface area contributed by atoms with Crippen molar-refractivity contribution in [3.05, 3.63) is 60.9 Å². The van der Waals surface area contributed by atoms with E-state index in [4.69, 9.17) is 0 Å². The summed E-state index contributed by atoms with van der Waals surface area (Å²) >= 11 is 1.34. The number of aromatic amines is 1. The smallest absolute Gasteiger partial charge is 0.237 e. The van der Waals surface area contributed by atoms with E-state index in [1.807, 2.05) is 61.5 Å². The fourth-order valence-electron chi connectivity index (χ4n) is 2.17. The molecule has 23 heavy (non-hydrogen) atoms. The van der Waals surface area contributed by atoms with Crippen molar-refractivity contribution in [2.45, 2.75) is 17.3 Å². The number of anilines is 1. The average molecular weight is 324 g/mol. The molecule has 1 aromatic heterocycles. The molecule has 0 aliphatic carbocycles. The number of thioether (sulfide) groups is 1. The van der Waals surface area contributed by atoms with Crippen molar-refractivity contribution in [2.24, 2.45) is 0 Å². The highest BCUT2D eigenvalue weighted by Crippen LogP contribution is 2.28. The van der Waals surface area contributed by atoms with Crippen molar-refractivity contribution in [3.63, 3.8) is 0 Å². The van der Waals surface area contributed by atoms with Gasteiger partial charge in [-0.3, -0.25) is 9.89 Å². The molecule has 0 saturated heterocycles. The van der Waals surface area contributed by atoms with Crippen LogP contribution in [0.1, 0.15) is 6.92 Å². The molecule has 2 N–H and O–H groups in total. The van der Waals surface area contributed by atoms with Crippen LogP contribution in [0.2, 0.25) is 0 Å². The summed E-state index contributed by atoms with van der Waals surface area (Å²) < 4.78 is 0. The first-order chi connectivity index (χ1) is 11.2. The van der Waals surface area contributed by atoms with Gasteiger partial charge in [0.25, 0.3) is 0 Å². The second-order valence-electron chi connectivity index (χ2n) is 4.95. The van der Waals surface area contributed by atoms with E-state index in [2.05, 4.69) is 20.5 Å². The van der Waals surface area contributed by atoms with E-state index in [1.54, 1.807) is 0 Å². The number of rotatable bonds is 5. The maximum absolute atomic E-state index is 12.4. The Morgan fingerprint density at radius 1 is 1.13 bits per heavy atom. The summed E-state index contributed by atoms with van der Waals surface area (Å²) in [6.07, 6.45) is 1.43. The van der Waals surface area contributed by atoms with Crippen molar-refractivity contribution in [1.29, 1.82) is 0 Å².